The minimum atomic E-state index is -2.12. The van der Waals surface area contributed by atoms with Gasteiger partial charge in [0.2, 0.25) is 0 Å². The molecule has 0 radical (unpaired) electrons. The van der Waals surface area contributed by atoms with Crippen LogP contribution in [0.4, 0.5) is 4.39 Å². The lowest BCUT2D eigenvalue weighted by Gasteiger charge is -2.33. The molecule has 1 N–H and O–H groups in total. The van der Waals surface area contributed by atoms with Gasteiger partial charge in [-0.3, -0.25) is 10.1 Å². The van der Waals surface area contributed by atoms with E-state index in [4.69, 9.17) is 44.3 Å². The van der Waals surface area contributed by atoms with Gasteiger partial charge in [0, 0.05) is 5.56 Å². The third-order valence-corrected chi connectivity index (χ3v) is 3.86. The molecule has 8 heteroatoms. The van der Waals surface area contributed by atoms with Crippen LogP contribution in [0.2, 0.25) is 0 Å². The first-order chi connectivity index (χ1) is 10.8. The molecule has 23 heavy (non-hydrogen) atoms. The van der Waals surface area contributed by atoms with Gasteiger partial charge in [-0.25, -0.2) is 4.39 Å². The lowest BCUT2D eigenvalue weighted by molar-refractivity contribution is -0.0953. The number of amides is 1. The van der Waals surface area contributed by atoms with Crippen LogP contribution in [-0.2, 0) is 0 Å². The second-order valence-corrected chi connectivity index (χ2v) is 7.01. The first-order valence-electron chi connectivity index (χ1n) is 6.43. The van der Waals surface area contributed by atoms with Gasteiger partial charge in [-0.2, -0.15) is 0 Å². The van der Waals surface area contributed by atoms with Crippen molar-refractivity contribution >= 4 is 40.7 Å². The average molecular weight is 377 g/mol. The molecule has 4 nitrogen and oxygen atoms in total. The van der Waals surface area contributed by atoms with E-state index in [2.05, 4.69) is 5.32 Å². The number of para-hydroxylation sites is 2. The summed E-state index contributed by atoms with van der Waals surface area (Å²) in [4.78, 5) is 12.3. The van der Waals surface area contributed by atoms with Crippen LogP contribution < -0.4 is 14.8 Å². The summed E-state index contributed by atoms with van der Waals surface area (Å²) in [5.74, 6) is -2.52. The second-order valence-electron chi connectivity index (χ2n) is 4.73. The van der Waals surface area contributed by atoms with Crippen LogP contribution in [0, 0.1) is 5.82 Å². The van der Waals surface area contributed by atoms with E-state index in [0.717, 1.165) is 12.1 Å². The van der Waals surface area contributed by atoms with Gasteiger partial charge in [-0.15, -0.1) is 0 Å². The highest BCUT2D eigenvalue weighted by molar-refractivity contribution is 6.68. The van der Waals surface area contributed by atoms with Crippen LogP contribution >= 0.6 is 34.8 Å². The van der Waals surface area contributed by atoms with Crippen molar-refractivity contribution in [2.75, 3.05) is 0 Å². The van der Waals surface area contributed by atoms with E-state index in [9.17, 15) is 9.18 Å². The van der Waals surface area contributed by atoms with E-state index in [-0.39, 0.29) is 5.56 Å². The van der Waals surface area contributed by atoms with Crippen LogP contribution in [0.1, 0.15) is 10.4 Å². The van der Waals surface area contributed by atoms with Crippen molar-refractivity contribution in [1.29, 1.82) is 0 Å². The van der Waals surface area contributed by atoms with Crippen molar-refractivity contribution in [3.63, 3.8) is 0 Å². The van der Waals surface area contributed by atoms with Crippen LogP contribution in [0.15, 0.2) is 48.5 Å². The highest BCUT2D eigenvalue weighted by atomic mass is 35.6. The predicted octanol–water partition coefficient (Wildman–Crippen LogP) is 4.05. The third-order valence-electron chi connectivity index (χ3n) is 3.11. The molecule has 0 aromatic heterocycles. The molecule has 1 aliphatic heterocycles. The summed E-state index contributed by atoms with van der Waals surface area (Å²) >= 11 is 17.8. The molecule has 3 rings (SSSR count). The Kier molecular flexibility index (Phi) is 4.04. The van der Waals surface area contributed by atoms with Gasteiger partial charge in [0.05, 0.1) is 0 Å². The summed E-state index contributed by atoms with van der Waals surface area (Å²) in [6, 6.07) is 11.5. The fourth-order valence-corrected chi connectivity index (χ4v) is 2.38. The lowest BCUT2D eigenvalue weighted by atomic mass is 10.2. The van der Waals surface area contributed by atoms with Crippen molar-refractivity contribution in [3.8, 4) is 11.5 Å². The number of rotatable bonds is 2. The number of hydrogen-bond donors (Lipinski definition) is 1. The molecule has 0 bridgehead atoms. The fourth-order valence-electron chi connectivity index (χ4n) is 2.01. The van der Waals surface area contributed by atoms with Gasteiger partial charge in [-0.05, 0) is 36.4 Å². The SMILES string of the molecule is O=C(NC1(C(Cl)(Cl)Cl)Oc2ccccc2O1)c1ccc(F)cc1. The van der Waals surface area contributed by atoms with Crippen molar-refractivity contribution in [1.82, 2.24) is 5.32 Å². The third kappa shape index (κ3) is 3.04. The van der Waals surface area contributed by atoms with Gasteiger partial charge in [0.1, 0.15) is 5.82 Å². The molecule has 2 aromatic rings. The Morgan fingerprint density at radius 2 is 1.52 bits per heavy atom. The normalized spacial score (nSPS) is 15.3. The molecule has 1 aliphatic rings. The molecule has 120 valence electrons. The van der Waals surface area contributed by atoms with Crippen LogP contribution in [0.3, 0.4) is 0 Å². The molecule has 2 aromatic carbocycles. The molecule has 0 saturated heterocycles. The molecule has 0 spiro atoms. The van der Waals surface area contributed by atoms with E-state index in [1.54, 1.807) is 24.3 Å². The topological polar surface area (TPSA) is 47.6 Å². The maximum absolute atomic E-state index is 13.0. The summed E-state index contributed by atoms with van der Waals surface area (Å²) < 4.78 is 21.9. The van der Waals surface area contributed by atoms with Gasteiger partial charge in [-0.1, -0.05) is 46.9 Å². The predicted molar refractivity (Wildman–Crippen MR) is 84.6 cm³/mol. The van der Waals surface area contributed by atoms with Gasteiger partial charge < -0.3 is 9.47 Å². The fraction of sp³-hybridized carbons (Fsp3) is 0.133. The largest absolute Gasteiger partial charge is 0.428 e. The molecule has 0 saturated carbocycles. The number of ether oxygens (including phenoxy) is 2. The van der Waals surface area contributed by atoms with E-state index in [1.165, 1.54) is 12.1 Å². The van der Waals surface area contributed by atoms with E-state index >= 15 is 0 Å². The Bertz CT molecular complexity index is 721. The molecule has 0 fully saturated rings. The Morgan fingerprint density at radius 3 is 2.00 bits per heavy atom. The Labute approximate surface area is 146 Å². The first-order valence-corrected chi connectivity index (χ1v) is 7.56. The maximum atomic E-state index is 13.0. The number of carbonyl (C=O) groups excluding carboxylic acids is 1. The minimum Gasteiger partial charge on any atom is -0.428 e. The maximum Gasteiger partial charge on any atom is 0.388 e. The highest BCUT2D eigenvalue weighted by Crippen LogP contribution is 2.48. The minimum absolute atomic E-state index is 0.156. The quantitative estimate of drug-likeness (QED) is 0.804. The molecule has 0 atom stereocenters. The Hall–Kier alpha value is -1.69. The summed E-state index contributed by atoms with van der Waals surface area (Å²) in [7, 11) is 0. The number of nitrogens with one attached hydrogen (secondary N) is 1. The van der Waals surface area contributed by atoms with Gasteiger partial charge >= 0.3 is 5.91 Å². The summed E-state index contributed by atoms with van der Waals surface area (Å²) in [5.41, 5.74) is 0.156. The van der Waals surface area contributed by atoms with Crippen molar-refractivity contribution < 1.29 is 18.7 Å². The van der Waals surface area contributed by atoms with E-state index in [0.29, 0.717) is 11.5 Å². The highest BCUT2D eigenvalue weighted by Gasteiger charge is 2.59. The Morgan fingerprint density at radius 1 is 1.00 bits per heavy atom. The standard InChI is InChI=1S/C15H9Cl3FNO3/c16-14(17,18)15(22-11-3-1-2-4-12(11)23-15)20-13(21)9-5-7-10(19)8-6-9/h1-8H,(H,20,21). The average Bonchev–Trinajstić information content (AvgIpc) is 2.86. The van der Waals surface area contributed by atoms with Crippen LogP contribution in [0.5, 0.6) is 11.5 Å². The monoisotopic (exact) mass is 375 g/mol. The van der Waals surface area contributed by atoms with Gasteiger partial charge in [0.15, 0.2) is 11.5 Å². The zero-order valence-electron chi connectivity index (χ0n) is 11.4. The molecule has 1 heterocycles. The Balaban J connectivity index is 1.90. The first kappa shape index (κ1) is 16.2. The molecule has 0 unspecified atom stereocenters. The number of halogens is 4. The van der Waals surface area contributed by atoms with Crippen molar-refractivity contribution in [2.45, 2.75) is 9.70 Å². The smallest absolute Gasteiger partial charge is 0.388 e. The van der Waals surface area contributed by atoms with E-state index < -0.39 is 21.4 Å². The molecular weight excluding hydrogens is 368 g/mol. The summed E-state index contributed by atoms with van der Waals surface area (Å²) in [6.07, 6.45) is 0. The molecule has 0 aliphatic carbocycles. The van der Waals surface area contributed by atoms with Crippen LogP contribution in [0.25, 0.3) is 0 Å². The van der Waals surface area contributed by atoms with Gasteiger partial charge in [0.25, 0.3) is 9.70 Å². The summed E-state index contributed by atoms with van der Waals surface area (Å²) in [6.45, 7) is 0. The number of carbonyl (C=O) groups is 1. The zero-order valence-corrected chi connectivity index (χ0v) is 13.6. The van der Waals surface area contributed by atoms with E-state index in [1.807, 2.05) is 0 Å². The van der Waals surface area contributed by atoms with Crippen molar-refractivity contribution in [3.05, 3.63) is 59.9 Å². The number of hydrogen-bond acceptors (Lipinski definition) is 3. The zero-order chi connectivity index (χ0) is 16.7. The molecular formula is C15H9Cl3FNO3. The second kappa shape index (κ2) is 5.74. The van der Waals surface area contributed by atoms with Crippen LogP contribution in [-0.4, -0.2) is 15.6 Å². The summed E-state index contributed by atoms with van der Waals surface area (Å²) in [5, 5.41) is 2.41. The number of fused-ring (bicyclic) bond motifs is 1. The molecule has 1 amide bonds. The number of alkyl halides is 3. The van der Waals surface area contributed by atoms with Crippen molar-refractivity contribution in [2.24, 2.45) is 0 Å². The number of benzene rings is 2. The lowest BCUT2D eigenvalue weighted by Crippen LogP contribution is -2.63.